The van der Waals surface area contributed by atoms with E-state index in [-0.39, 0.29) is 11.9 Å². The highest BCUT2D eigenvalue weighted by Gasteiger charge is 2.22. The zero-order chi connectivity index (χ0) is 16.4. The molecule has 0 aliphatic carbocycles. The number of rotatable bonds is 4. The maximum atomic E-state index is 12.8. The number of amides is 1. The molecule has 118 valence electrons. The number of carbonyl (C=O) groups is 1. The smallest absolute Gasteiger partial charge is 0.249 e. The summed E-state index contributed by atoms with van der Waals surface area (Å²) in [6.45, 7) is 5.97. The number of anilines is 1. The molecule has 1 N–H and O–H groups in total. The van der Waals surface area contributed by atoms with Crippen LogP contribution in [-0.4, -0.2) is 20.9 Å². The Labute approximate surface area is 135 Å². The minimum atomic E-state index is -0.388. The van der Waals surface area contributed by atoms with Crippen LogP contribution < -0.4 is 5.32 Å². The Morgan fingerprint density at radius 1 is 1.13 bits per heavy atom. The minimum Gasteiger partial charge on any atom is -0.324 e. The Morgan fingerprint density at radius 3 is 2.52 bits per heavy atom. The summed E-state index contributed by atoms with van der Waals surface area (Å²) in [7, 11) is 0. The van der Waals surface area contributed by atoms with Gasteiger partial charge in [-0.05, 0) is 43.5 Å². The molecule has 5 nitrogen and oxygen atoms in total. The predicted molar refractivity (Wildman–Crippen MR) is 91.4 cm³/mol. The molecule has 0 radical (unpaired) electrons. The van der Waals surface area contributed by atoms with Gasteiger partial charge in [-0.15, -0.1) is 5.10 Å². The molecule has 5 heteroatoms. The van der Waals surface area contributed by atoms with E-state index in [2.05, 4.69) is 15.6 Å². The molecule has 1 heterocycles. The lowest BCUT2D eigenvalue weighted by atomic mass is 10.1. The van der Waals surface area contributed by atoms with Gasteiger partial charge < -0.3 is 5.32 Å². The first-order valence-corrected chi connectivity index (χ1v) is 7.78. The van der Waals surface area contributed by atoms with Crippen LogP contribution in [0.3, 0.4) is 0 Å². The Balaban J connectivity index is 1.93. The van der Waals surface area contributed by atoms with Gasteiger partial charge in [-0.1, -0.05) is 42.5 Å². The van der Waals surface area contributed by atoms with Crippen LogP contribution in [0, 0.1) is 13.8 Å². The summed E-state index contributed by atoms with van der Waals surface area (Å²) in [5.74, 6) is -0.0689. The molecule has 1 aromatic heterocycles. The van der Waals surface area contributed by atoms with E-state index in [1.165, 1.54) is 0 Å². The van der Waals surface area contributed by atoms with Crippen LogP contribution >= 0.6 is 0 Å². The fourth-order valence-corrected chi connectivity index (χ4v) is 2.80. The lowest BCUT2D eigenvalue weighted by molar-refractivity contribution is -0.119. The molecule has 1 atom stereocenters. The number of carbonyl (C=O) groups excluding carboxylic acids is 1. The van der Waals surface area contributed by atoms with Gasteiger partial charge in [-0.3, -0.25) is 4.79 Å². The number of para-hydroxylation sites is 2. The van der Waals surface area contributed by atoms with Crippen LogP contribution in [-0.2, 0) is 4.79 Å². The fraction of sp³-hybridized carbons (Fsp3) is 0.278. The van der Waals surface area contributed by atoms with E-state index in [9.17, 15) is 4.79 Å². The molecule has 0 saturated heterocycles. The van der Waals surface area contributed by atoms with Crippen molar-refractivity contribution in [3.63, 3.8) is 0 Å². The third kappa shape index (κ3) is 2.82. The van der Waals surface area contributed by atoms with Crippen molar-refractivity contribution in [1.29, 1.82) is 0 Å². The van der Waals surface area contributed by atoms with E-state index in [0.717, 1.165) is 27.8 Å². The highest BCUT2D eigenvalue weighted by Crippen LogP contribution is 2.23. The fourth-order valence-electron chi connectivity index (χ4n) is 2.80. The molecule has 1 amide bonds. The summed E-state index contributed by atoms with van der Waals surface area (Å²) in [4.78, 5) is 12.8. The van der Waals surface area contributed by atoms with Crippen molar-refractivity contribution in [3.8, 4) is 0 Å². The number of hydrogen-bond donors (Lipinski definition) is 1. The average molecular weight is 308 g/mol. The van der Waals surface area contributed by atoms with Crippen LogP contribution in [0.2, 0.25) is 0 Å². The van der Waals surface area contributed by atoms with Crippen LogP contribution in [0.15, 0.2) is 42.5 Å². The first-order valence-electron chi connectivity index (χ1n) is 7.78. The van der Waals surface area contributed by atoms with Crippen LogP contribution in [0.4, 0.5) is 5.69 Å². The molecule has 0 aliphatic rings. The van der Waals surface area contributed by atoms with Gasteiger partial charge in [0.15, 0.2) is 0 Å². The highest BCUT2D eigenvalue weighted by molar-refractivity contribution is 5.95. The van der Waals surface area contributed by atoms with Crippen LogP contribution in [0.1, 0.15) is 30.5 Å². The first-order chi connectivity index (χ1) is 11.1. The maximum absolute atomic E-state index is 12.8. The van der Waals surface area contributed by atoms with Gasteiger partial charge in [-0.2, -0.15) is 0 Å². The molecule has 0 fully saturated rings. The Morgan fingerprint density at radius 2 is 1.83 bits per heavy atom. The topological polar surface area (TPSA) is 59.8 Å². The largest absolute Gasteiger partial charge is 0.324 e. The Kier molecular flexibility index (Phi) is 4.10. The number of benzene rings is 2. The Bertz CT molecular complexity index is 833. The summed E-state index contributed by atoms with van der Waals surface area (Å²) in [5.41, 5.74) is 4.65. The zero-order valence-electron chi connectivity index (χ0n) is 13.6. The van der Waals surface area contributed by atoms with Crippen molar-refractivity contribution in [1.82, 2.24) is 15.0 Å². The lowest BCUT2D eigenvalue weighted by Crippen LogP contribution is -2.27. The van der Waals surface area contributed by atoms with Gasteiger partial charge in [0.05, 0.1) is 5.52 Å². The third-order valence-corrected chi connectivity index (χ3v) is 4.09. The minimum absolute atomic E-state index is 0.0689. The first kappa shape index (κ1) is 15.2. The van der Waals surface area contributed by atoms with E-state index < -0.39 is 0 Å². The molecule has 0 aliphatic heterocycles. The van der Waals surface area contributed by atoms with E-state index in [4.69, 9.17) is 0 Å². The predicted octanol–water partition coefficient (Wildman–Crippen LogP) is 3.64. The average Bonchev–Trinajstić information content (AvgIpc) is 2.96. The SMILES string of the molecule is CCC(C(=O)Nc1c(C)cccc1C)n1nnc2ccccc21. The van der Waals surface area contributed by atoms with Gasteiger partial charge in [0.25, 0.3) is 0 Å². The maximum Gasteiger partial charge on any atom is 0.249 e. The number of aromatic nitrogens is 3. The highest BCUT2D eigenvalue weighted by atomic mass is 16.2. The van der Waals surface area contributed by atoms with Crippen LogP contribution in [0.25, 0.3) is 11.0 Å². The molecule has 0 saturated carbocycles. The third-order valence-electron chi connectivity index (χ3n) is 4.09. The van der Waals surface area contributed by atoms with Gasteiger partial charge >= 0.3 is 0 Å². The molecule has 3 rings (SSSR count). The second kappa shape index (κ2) is 6.20. The van der Waals surface area contributed by atoms with E-state index in [0.29, 0.717) is 6.42 Å². The van der Waals surface area contributed by atoms with Crippen molar-refractivity contribution in [2.24, 2.45) is 0 Å². The van der Waals surface area contributed by atoms with Gasteiger partial charge in [-0.25, -0.2) is 4.68 Å². The summed E-state index contributed by atoms with van der Waals surface area (Å²) in [6, 6.07) is 13.3. The second-order valence-electron chi connectivity index (χ2n) is 5.70. The number of hydrogen-bond acceptors (Lipinski definition) is 3. The van der Waals surface area contributed by atoms with Gasteiger partial charge in [0.1, 0.15) is 11.6 Å². The molecule has 0 spiro atoms. The van der Waals surface area contributed by atoms with Crippen molar-refractivity contribution in [2.45, 2.75) is 33.2 Å². The summed E-state index contributed by atoms with van der Waals surface area (Å²) >= 11 is 0. The summed E-state index contributed by atoms with van der Waals surface area (Å²) in [5, 5.41) is 11.4. The number of fused-ring (bicyclic) bond motifs is 1. The Hall–Kier alpha value is -2.69. The van der Waals surface area contributed by atoms with E-state index >= 15 is 0 Å². The standard InChI is InChI=1S/C18H20N4O/c1-4-15(22-16-11-6-5-10-14(16)20-21-22)18(23)19-17-12(2)8-7-9-13(17)3/h5-11,15H,4H2,1-3H3,(H,19,23). The van der Waals surface area contributed by atoms with E-state index in [1.54, 1.807) is 4.68 Å². The normalized spacial score (nSPS) is 12.3. The van der Waals surface area contributed by atoms with E-state index in [1.807, 2.05) is 63.2 Å². The number of aryl methyl sites for hydroxylation is 2. The molecular formula is C18H20N4O. The van der Waals surface area contributed by atoms with Crippen molar-refractivity contribution in [3.05, 3.63) is 53.6 Å². The zero-order valence-corrected chi connectivity index (χ0v) is 13.6. The van der Waals surface area contributed by atoms with Crippen molar-refractivity contribution >= 4 is 22.6 Å². The monoisotopic (exact) mass is 308 g/mol. The molecule has 1 unspecified atom stereocenters. The number of nitrogens with zero attached hydrogens (tertiary/aromatic N) is 3. The second-order valence-corrected chi connectivity index (χ2v) is 5.70. The molecule has 23 heavy (non-hydrogen) atoms. The molecular weight excluding hydrogens is 288 g/mol. The van der Waals surface area contributed by atoms with Crippen molar-refractivity contribution in [2.75, 3.05) is 5.32 Å². The van der Waals surface area contributed by atoms with Crippen LogP contribution in [0.5, 0.6) is 0 Å². The van der Waals surface area contributed by atoms with Crippen molar-refractivity contribution < 1.29 is 4.79 Å². The van der Waals surface area contributed by atoms with Gasteiger partial charge in [0.2, 0.25) is 5.91 Å². The van der Waals surface area contributed by atoms with Gasteiger partial charge in [0, 0.05) is 5.69 Å². The quantitative estimate of drug-likeness (QED) is 0.800. The molecule has 0 bridgehead atoms. The molecule has 3 aromatic rings. The molecule has 2 aromatic carbocycles. The number of nitrogens with one attached hydrogen (secondary N) is 1. The summed E-state index contributed by atoms with van der Waals surface area (Å²) < 4.78 is 1.71. The lowest BCUT2D eigenvalue weighted by Gasteiger charge is -2.18. The summed E-state index contributed by atoms with van der Waals surface area (Å²) in [6.07, 6.45) is 0.643.